The number of hydrogen-bond donors (Lipinski definition) is 2. The minimum atomic E-state index is -0.595. The molecule has 1 aromatic heterocycles. The Bertz CT molecular complexity index is 568. The van der Waals surface area contributed by atoms with Crippen molar-refractivity contribution in [3.05, 3.63) is 36.9 Å². The van der Waals surface area contributed by atoms with E-state index in [2.05, 4.69) is 10.3 Å². The van der Waals surface area contributed by atoms with Gasteiger partial charge in [0.05, 0.1) is 11.6 Å². The zero-order valence-electron chi connectivity index (χ0n) is 11.4. The molecule has 0 aliphatic heterocycles. The molecule has 0 fully saturated rings. The van der Waals surface area contributed by atoms with Crippen LogP contribution in [0.5, 0.6) is 0 Å². The fraction of sp³-hybridized carbons (Fsp3) is 0.286. The minimum absolute atomic E-state index is 0. The van der Waals surface area contributed by atoms with Gasteiger partial charge in [0.15, 0.2) is 12.2 Å². The highest BCUT2D eigenvalue weighted by Gasteiger charge is 2.25. The fourth-order valence-electron chi connectivity index (χ4n) is 1.50. The maximum absolute atomic E-state index is 12.0. The highest BCUT2D eigenvalue weighted by atomic mass is 35.5. The Morgan fingerprint density at radius 3 is 2.80 bits per heavy atom. The molecule has 0 spiro atoms. The number of amides is 1. The van der Waals surface area contributed by atoms with Gasteiger partial charge in [-0.25, -0.2) is 4.98 Å². The number of oxazole rings is 1. The number of anilines is 1. The normalized spacial score (nSPS) is 10.8. The first kappa shape index (κ1) is 16.2. The van der Waals surface area contributed by atoms with Gasteiger partial charge in [-0.15, -0.1) is 12.4 Å². The molecule has 0 atom stereocenters. The lowest BCUT2D eigenvalue weighted by Crippen LogP contribution is -2.37. The number of hydrogen-bond acceptors (Lipinski definition) is 4. The topological polar surface area (TPSA) is 81.2 Å². The van der Waals surface area contributed by atoms with Crippen molar-refractivity contribution >= 4 is 24.0 Å². The summed E-state index contributed by atoms with van der Waals surface area (Å²) >= 11 is 0. The van der Waals surface area contributed by atoms with Crippen LogP contribution in [0.25, 0.3) is 11.3 Å². The maximum Gasteiger partial charge on any atom is 0.231 e. The smallest absolute Gasteiger partial charge is 0.231 e. The zero-order chi connectivity index (χ0) is 13.9. The van der Waals surface area contributed by atoms with Crippen molar-refractivity contribution in [2.75, 3.05) is 11.9 Å². The van der Waals surface area contributed by atoms with Crippen LogP contribution in [0.15, 0.2) is 41.3 Å². The van der Waals surface area contributed by atoms with Crippen LogP contribution in [0.4, 0.5) is 5.69 Å². The van der Waals surface area contributed by atoms with Crippen LogP contribution in [-0.2, 0) is 4.79 Å². The third-order valence-corrected chi connectivity index (χ3v) is 2.96. The predicted molar refractivity (Wildman–Crippen MR) is 80.7 cm³/mol. The summed E-state index contributed by atoms with van der Waals surface area (Å²) in [7, 11) is 0. The summed E-state index contributed by atoms with van der Waals surface area (Å²) in [5, 5.41) is 2.85. The Hall–Kier alpha value is -1.85. The molecule has 6 heteroatoms. The van der Waals surface area contributed by atoms with Gasteiger partial charge in [0.2, 0.25) is 5.91 Å². The lowest BCUT2D eigenvalue weighted by Gasteiger charge is -2.21. The third kappa shape index (κ3) is 3.59. The predicted octanol–water partition coefficient (Wildman–Crippen LogP) is 2.69. The van der Waals surface area contributed by atoms with E-state index in [0.29, 0.717) is 18.0 Å². The highest BCUT2D eigenvalue weighted by Crippen LogP contribution is 2.23. The molecule has 0 unspecified atom stereocenters. The molecule has 0 aliphatic rings. The molecule has 2 rings (SSSR count). The monoisotopic (exact) mass is 295 g/mol. The molecular formula is C14H18ClN3O2. The van der Waals surface area contributed by atoms with Crippen molar-refractivity contribution in [2.45, 2.75) is 13.8 Å². The van der Waals surface area contributed by atoms with E-state index in [1.165, 1.54) is 6.39 Å². The van der Waals surface area contributed by atoms with Gasteiger partial charge in [-0.05, 0) is 26.0 Å². The van der Waals surface area contributed by atoms with Crippen LogP contribution in [0, 0.1) is 5.41 Å². The van der Waals surface area contributed by atoms with Crippen LogP contribution in [0.3, 0.4) is 0 Å². The molecule has 0 aliphatic carbocycles. The summed E-state index contributed by atoms with van der Waals surface area (Å²) in [5.41, 5.74) is 6.56. The number of halogens is 1. The molecule has 0 bridgehead atoms. The van der Waals surface area contributed by atoms with Gasteiger partial charge >= 0.3 is 0 Å². The van der Waals surface area contributed by atoms with E-state index < -0.39 is 5.41 Å². The van der Waals surface area contributed by atoms with Gasteiger partial charge in [-0.3, -0.25) is 4.79 Å². The molecule has 1 amide bonds. The molecular weight excluding hydrogens is 278 g/mol. The number of aromatic nitrogens is 1. The lowest BCUT2D eigenvalue weighted by molar-refractivity contribution is -0.123. The van der Waals surface area contributed by atoms with Gasteiger partial charge in [0, 0.05) is 17.8 Å². The standard InChI is InChI=1S/C14H17N3O2.ClH/c1-14(2,8-15)13(18)17-11-5-3-4-10(6-11)12-7-16-9-19-12;/h3-7,9H,8,15H2,1-2H3,(H,17,18);1H. The Morgan fingerprint density at radius 1 is 1.45 bits per heavy atom. The van der Waals surface area contributed by atoms with Crippen molar-refractivity contribution in [2.24, 2.45) is 11.1 Å². The largest absolute Gasteiger partial charge is 0.444 e. The lowest BCUT2D eigenvalue weighted by atomic mass is 9.92. The summed E-state index contributed by atoms with van der Waals surface area (Å²) in [6, 6.07) is 7.41. The third-order valence-electron chi connectivity index (χ3n) is 2.96. The first-order valence-electron chi connectivity index (χ1n) is 6.03. The van der Waals surface area contributed by atoms with E-state index >= 15 is 0 Å². The quantitative estimate of drug-likeness (QED) is 0.908. The van der Waals surface area contributed by atoms with E-state index in [9.17, 15) is 4.79 Å². The van der Waals surface area contributed by atoms with Crippen molar-refractivity contribution in [1.29, 1.82) is 0 Å². The van der Waals surface area contributed by atoms with Crippen molar-refractivity contribution in [3.63, 3.8) is 0 Å². The van der Waals surface area contributed by atoms with E-state index in [0.717, 1.165) is 5.56 Å². The zero-order valence-corrected chi connectivity index (χ0v) is 12.2. The summed E-state index contributed by atoms with van der Waals surface area (Å²) < 4.78 is 5.22. The molecule has 108 valence electrons. The average Bonchev–Trinajstić information content (AvgIpc) is 2.93. The molecule has 5 nitrogen and oxygen atoms in total. The molecule has 2 aromatic rings. The van der Waals surface area contributed by atoms with Crippen molar-refractivity contribution in [1.82, 2.24) is 4.98 Å². The molecule has 3 N–H and O–H groups in total. The first-order valence-corrected chi connectivity index (χ1v) is 6.03. The minimum Gasteiger partial charge on any atom is -0.444 e. The van der Waals surface area contributed by atoms with Crippen LogP contribution < -0.4 is 11.1 Å². The molecule has 1 aromatic carbocycles. The second-order valence-corrected chi connectivity index (χ2v) is 4.99. The first-order chi connectivity index (χ1) is 9.03. The van der Waals surface area contributed by atoms with E-state index in [1.807, 2.05) is 38.1 Å². The number of nitrogens with two attached hydrogens (primary N) is 1. The average molecular weight is 296 g/mol. The number of nitrogens with zero attached hydrogens (tertiary/aromatic N) is 1. The van der Waals surface area contributed by atoms with Gasteiger partial charge < -0.3 is 15.5 Å². The van der Waals surface area contributed by atoms with Crippen molar-refractivity contribution < 1.29 is 9.21 Å². The van der Waals surface area contributed by atoms with Gasteiger partial charge in [0.1, 0.15) is 0 Å². The highest BCUT2D eigenvalue weighted by molar-refractivity contribution is 5.95. The fourth-order valence-corrected chi connectivity index (χ4v) is 1.50. The summed E-state index contributed by atoms with van der Waals surface area (Å²) in [4.78, 5) is 15.9. The number of benzene rings is 1. The second kappa shape index (κ2) is 6.54. The summed E-state index contributed by atoms with van der Waals surface area (Å²) in [6.07, 6.45) is 3.00. The van der Waals surface area contributed by atoms with Gasteiger partial charge in [-0.1, -0.05) is 12.1 Å². The number of nitrogens with one attached hydrogen (secondary N) is 1. The second-order valence-electron chi connectivity index (χ2n) is 4.99. The Balaban J connectivity index is 0.00000200. The Labute approximate surface area is 124 Å². The molecule has 1 heterocycles. The van der Waals surface area contributed by atoms with Gasteiger partial charge in [0.25, 0.3) is 0 Å². The van der Waals surface area contributed by atoms with Gasteiger partial charge in [-0.2, -0.15) is 0 Å². The molecule has 20 heavy (non-hydrogen) atoms. The summed E-state index contributed by atoms with van der Waals surface area (Å²) in [5.74, 6) is 0.555. The van der Waals surface area contributed by atoms with E-state index in [1.54, 1.807) is 6.20 Å². The van der Waals surface area contributed by atoms with Crippen molar-refractivity contribution in [3.8, 4) is 11.3 Å². The number of rotatable bonds is 4. The number of carbonyl (C=O) groups excluding carboxylic acids is 1. The summed E-state index contributed by atoms with van der Waals surface area (Å²) in [6.45, 7) is 3.91. The Kier molecular flexibility index (Phi) is 5.30. The molecule has 0 radical (unpaired) electrons. The van der Waals surface area contributed by atoms with Crippen LogP contribution in [0.1, 0.15) is 13.8 Å². The van der Waals surface area contributed by atoms with Crippen LogP contribution in [-0.4, -0.2) is 17.4 Å². The maximum atomic E-state index is 12.0. The molecule has 0 saturated carbocycles. The molecule has 0 saturated heterocycles. The Morgan fingerprint density at radius 2 is 2.20 bits per heavy atom. The van der Waals surface area contributed by atoms with E-state index in [-0.39, 0.29) is 18.3 Å². The van der Waals surface area contributed by atoms with Crippen LogP contribution in [0.2, 0.25) is 0 Å². The number of carbonyl (C=O) groups is 1. The van der Waals surface area contributed by atoms with Crippen LogP contribution >= 0.6 is 12.4 Å². The SMILES string of the molecule is CC(C)(CN)C(=O)Nc1cccc(-c2cnco2)c1.Cl. The van der Waals surface area contributed by atoms with E-state index in [4.69, 9.17) is 10.2 Å².